The second-order valence-electron chi connectivity index (χ2n) is 4.40. The minimum Gasteiger partial charge on any atom is -0.493 e. The molecule has 20 heavy (non-hydrogen) atoms. The fraction of sp³-hybridized carbons (Fsp3) is 0.400. The van der Waals surface area contributed by atoms with Crippen molar-refractivity contribution in [2.45, 2.75) is 19.8 Å². The number of ether oxygens (including phenoxy) is 3. The molecular weight excluding hydrogens is 278 g/mol. The highest BCUT2D eigenvalue weighted by molar-refractivity contribution is 6.30. The summed E-state index contributed by atoms with van der Waals surface area (Å²) in [6, 6.07) is 3.81. The molecule has 0 unspecified atom stereocenters. The zero-order chi connectivity index (χ0) is 14.7. The molecule has 1 heterocycles. The highest BCUT2D eigenvalue weighted by Crippen LogP contribution is 2.43. The van der Waals surface area contributed by atoms with E-state index in [0.29, 0.717) is 22.4 Å². The van der Waals surface area contributed by atoms with Crippen LogP contribution < -0.4 is 14.2 Å². The Kier molecular flexibility index (Phi) is 4.55. The van der Waals surface area contributed by atoms with E-state index < -0.39 is 0 Å². The highest BCUT2D eigenvalue weighted by atomic mass is 35.5. The number of rotatable bonds is 5. The maximum absolute atomic E-state index is 6.22. The number of halogens is 1. The summed E-state index contributed by atoms with van der Waals surface area (Å²) in [5.74, 6) is 1.75. The largest absolute Gasteiger partial charge is 0.493 e. The summed E-state index contributed by atoms with van der Waals surface area (Å²) >= 11 is 6.22. The van der Waals surface area contributed by atoms with Gasteiger partial charge in [-0.25, -0.2) is 4.98 Å². The average Bonchev–Trinajstić information content (AvgIpc) is 2.46. The number of benzene rings is 1. The van der Waals surface area contributed by atoms with Crippen molar-refractivity contribution in [2.75, 3.05) is 21.3 Å². The van der Waals surface area contributed by atoms with Crippen LogP contribution in [0.2, 0.25) is 5.15 Å². The van der Waals surface area contributed by atoms with E-state index in [1.807, 2.05) is 6.07 Å². The van der Waals surface area contributed by atoms with Crippen molar-refractivity contribution in [3.05, 3.63) is 22.8 Å². The van der Waals surface area contributed by atoms with Gasteiger partial charge in [-0.15, -0.1) is 0 Å². The Labute approximate surface area is 123 Å². The van der Waals surface area contributed by atoms with Crippen molar-refractivity contribution in [2.24, 2.45) is 0 Å². The minimum absolute atomic E-state index is 0.522. The van der Waals surface area contributed by atoms with Crippen LogP contribution in [0, 0.1) is 0 Å². The molecule has 1 aromatic carbocycles. The predicted molar refractivity (Wildman–Crippen MR) is 80.4 cm³/mol. The van der Waals surface area contributed by atoms with Crippen molar-refractivity contribution < 1.29 is 14.2 Å². The molecule has 4 nitrogen and oxygen atoms in total. The molecule has 0 saturated carbocycles. The van der Waals surface area contributed by atoms with Gasteiger partial charge in [-0.2, -0.15) is 0 Å². The molecule has 0 fully saturated rings. The molecule has 0 N–H and O–H groups in total. The Hall–Kier alpha value is -1.68. The number of fused-ring (bicyclic) bond motifs is 1. The fourth-order valence-electron chi connectivity index (χ4n) is 2.25. The predicted octanol–water partition coefficient (Wildman–Crippen LogP) is 3.87. The smallest absolute Gasteiger partial charge is 0.204 e. The lowest BCUT2D eigenvalue weighted by Gasteiger charge is -2.15. The van der Waals surface area contributed by atoms with E-state index in [2.05, 4.69) is 11.9 Å². The Morgan fingerprint density at radius 1 is 1.05 bits per heavy atom. The number of hydrogen-bond donors (Lipinski definition) is 0. The van der Waals surface area contributed by atoms with Crippen LogP contribution in [0.1, 0.15) is 18.9 Å². The van der Waals surface area contributed by atoms with Crippen molar-refractivity contribution in [1.82, 2.24) is 4.98 Å². The molecule has 0 atom stereocenters. The first-order valence-electron chi connectivity index (χ1n) is 6.44. The number of hydrogen-bond acceptors (Lipinski definition) is 4. The number of aryl methyl sites for hydroxylation is 1. The van der Waals surface area contributed by atoms with Crippen molar-refractivity contribution in [1.29, 1.82) is 0 Å². The van der Waals surface area contributed by atoms with E-state index >= 15 is 0 Å². The van der Waals surface area contributed by atoms with Gasteiger partial charge in [0.2, 0.25) is 5.75 Å². The van der Waals surface area contributed by atoms with Crippen LogP contribution in [-0.4, -0.2) is 26.3 Å². The Morgan fingerprint density at radius 2 is 1.75 bits per heavy atom. The first-order chi connectivity index (χ1) is 9.65. The van der Waals surface area contributed by atoms with Gasteiger partial charge in [-0.1, -0.05) is 24.9 Å². The third-order valence-corrected chi connectivity index (χ3v) is 3.50. The van der Waals surface area contributed by atoms with Crippen LogP contribution in [0.5, 0.6) is 17.2 Å². The van der Waals surface area contributed by atoms with Crippen LogP contribution in [0.4, 0.5) is 0 Å². The zero-order valence-electron chi connectivity index (χ0n) is 12.1. The molecule has 0 aliphatic carbocycles. The Bertz CT molecular complexity index is 628. The van der Waals surface area contributed by atoms with E-state index in [1.54, 1.807) is 27.4 Å². The molecule has 0 spiro atoms. The maximum Gasteiger partial charge on any atom is 0.204 e. The SMILES string of the molecule is CCCc1cc2c(OC)c(OC)c(OC)cc2nc1Cl. The molecule has 108 valence electrons. The Balaban J connectivity index is 2.78. The van der Waals surface area contributed by atoms with Gasteiger partial charge >= 0.3 is 0 Å². The second kappa shape index (κ2) is 6.18. The topological polar surface area (TPSA) is 40.6 Å². The summed E-state index contributed by atoms with van der Waals surface area (Å²) in [7, 11) is 4.77. The lowest BCUT2D eigenvalue weighted by atomic mass is 10.1. The van der Waals surface area contributed by atoms with Crippen molar-refractivity contribution >= 4 is 22.5 Å². The Morgan fingerprint density at radius 3 is 2.30 bits per heavy atom. The molecule has 2 aromatic rings. The van der Waals surface area contributed by atoms with Crippen molar-refractivity contribution in [3.8, 4) is 17.2 Å². The molecule has 0 aliphatic rings. The first-order valence-corrected chi connectivity index (χ1v) is 6.82. The van der Waals surface area contributed by atoms with E-state index in [4.69, 9.17) is 25.8 Å². The third-order valence-electron chi connectivity index (χ3n) is 3.17. The zero-order valence-corrected chi connectivity index (χ0v) is 12.9. The summed E-state index contributed by atoms with van der Waals surface area (Å²) in [6.07, 6.45) is 1.88. The van der Waals surface area contributed by atoms with Gasteiger partial charge in [0.1, 0.15) is 5.15 Å². The van der Waals surface area contributed by atoms with Gasteiger partial charge < -0.3 is 14.2 Å². The molecule has 2 rings (SSSR count). The number of aromatic nitrogens is 1. The van der Waals surface area contributed by atoms with Crippen molar-refractivity contribution in [3.63, 3.8) is 0 Å². The first kappa shape index (κ1) is 14.7. The fourth-order valence-corrected chi connectivity index (χ4v) is 2.49. The van der Waals surface area contributed by atoms with Crippen LogP contribution in [0.15, 0.2) is 12.1 Å². The van der Waals surface area contributed by atoms with Gasteiger partial charge in [-0.3, -0.25) is 0 Å². The van der Waals surface area contributed by atoms with Gasteiger partial charge in [0.15, 0.2) is 11.5 Å². The minimum atomic E-state index is 0.522. The van der Waals surface area contributed by atoms with Crippen LogP contribution >= 0.6 is 11.6 Å². The molecule has 5 heteroatoms. The summed E-state index contributed by atoms with van der Waals surface area (Å²) in [6.45, 7) is 2.10. The molecular formula is C15H18ClNO3. The molecule has 0 saturated heterocycles. The van der Waals surface area contributed by atoms with Crippen LogP contribution in [0.25, 0.3) is 10.9 Å². The normalized spacial score (nSPS) is 10.7. The molecule has 1 aromatic heterocycles. The summed E-state index contributed by atoms with van der Waals surface area (Å²) in [5.41, 5.74) is 1.73. The third kappa shape index (κ3) is 2.48. The second-order valence-corrected chi connectivity index (χ2v) is 4.76. The van der Waals surface area contributed by atoms with Crippen LogP contribution in [-0.2, 0) is 6.42 Å². The maximum atomic E-state index is 6.22. The lowest BCUT2D eigenvalue weighted by Crippen LogP contribution is -1.98. The van der Waals surface area contributed by atoms with E-state index in [1.165, 1.54) is 0 Å². The lowest BCUT2D eigenvalue weighted by molar-refractivity contribution is 0.327. The summed E-state index contributed by atoms with van der Waals surface area (Å²) < 4.78 is 16.2. The van der Waals surface area contributed by atoms with E-state index in [-0.39, 0.29) is 0 Å². The standard InChI is InChI=1S/C15H18ClNO3/c1-5-6-9-7-10-11(17-15(9)16)8-12(18-2)14(20-4)13(10)19-3/h7-8H,5-6H2,1-4H3. The van der Waals surface area contributed by atoms with Gasteiger partial charge in [0.25, 0.3) is 0 Å². The van der Waals surface area contributed by atoms with E-state index in [0.717, 1.165) is 29.3 Å². The van der Waals surface area contributed by atoms with Gasteiger partial charge in [0, 0.05) is 11.5 Å². The quantitative estimate of drug-likeness (QED) is 0.785. The van der Waals surface area contributed by atoms with Crippen LogP contribution in [0.3, 0.4) is 0 Å². The van der Waals surface area contributed by atoms with Gasteiger partial charge in [0.05, 0.1) is 26.8 Å². The molecule has 0 amide bonds. The number of nitrogens with zero attached hydrogens (tertiary/aromatic N) is 1. The van der Waals surface area contributed by atoms with Gasteiger partial charge in [-0.05, 0) is 18.1 Å². The number of pyridine rings is 1. The molecule has 0 aliphatic heterocycles. The highest BCUT2D eigenvalue weighted by Gasteiger charge is 2.18. The molecule has 0 radical (unpaired) electrons. The summed E-state index contributed by atoms with van der Waals surface area (Å²) in [5, 5.41) is 1.40. The van der Waals surface area contributed by atoms with E-state index in [9.17, 15) is 0 Å². The monoisotopic (exact) mass is 295 g/mol. The average molecular weight is 296 g/mol. The summed E-state index contributed by atoms with van der Waals surface area (Å²) in [4.78, 5) is 4.44. The molecule has 0 bridgehead atoms. The number of methoxy groups -OCH3 is 3.